The normalized spacial score (nSPS) is 12.4. The predicted molar refractivity (Wildman–Crippen MR) is 78.3 cm³/mol. The lowest BCUT2D eigenvalue weighted by Crippen LogP contribution is -2.17. The predicted octanol–water partition coefficient (Wildman–Crippen LogP) is 4.08. The maximum atomic E-state index is 12.8. The van der Waals surface area contributed by atoms with Crippen molar-refractivity contribution in [2.45, 2.75) is 19.3 Å². The summed E-state index contributed by atoms with van der Waals surface area (Å²) in [7, 11) is 1.84. The third-order valence-corrected chi connectivity index (χ3v) is 3.56. The Morgan fingerprint density at radius 1 is 1.00 bits per heavy atom. The Labute approximate surface area is 120 Å². The van der Waals surface area contributed by atoms with Crippen LogP contribution in [0.15, 0.2) is 42.5 Å². The molecule has 110 valence electrons. The van der Waals surface area contributed by atoms with E-state index in [0.29, 0.717) is 17.6 Å². The standard InChI is InChI=1S/C16H15F3N2/c1-20-9-11-6-7-15-13(8-11)12-4-2-3-5-14(12)21(15)10-16(17,18)19/h2-8,20H,9-10H2,1H3. The quantitative estimate of drug-likeness (QED) is 0.770. The van der Waals surface area contributed by atoms with E-state index in [4.69, 9.17) is 0 Å². The molecular weight excluding hydrogens is 277 g/mol. The van der Waals surface area contributed by atoms with E-state index < -0.39 is 12.7 Å². The average molecular weight is 292 g/mol. The maximum Gasteiger partial charge on any atom is 0.406 e. The van der Waals surface area contributed by atoms with Crippen LogP contribution >= 0.6 is 0 Å². The van der Waals surface area contributed by atoms with Gasteiger partial charge >= 0.3 is 6.18 Å². The van der Waals surface area contributed by atoms with Crippen molar-refractivity contribution in [2.75, 3.05) is 7.05 Å². The van der Waals surface area contributed by atoms with Crippen LogP contribution in [0.4, 0.5) is 13.2 Å². The van der Waals surface area contributed by atoms with Crippen molar-refractivity contribution in [1.29, 1.82) is 0 Å². The Hall–Kier alpha value is -2.01. The summed E-state index contributed by atoms with van der Waals surface area (Å²) >= 11 is 0. The number of alkyl halides is 3. The van der Waals surface area contributed by atoms with Crippen LogP contribution in [0.2, 0.25) is 0 Å². The van der Waals surface area contributed by atoms with E-state index in [2.05, 4.69) is 5.32 Å². The molecular formula is C16H15F3N2. The first-order valence-electron chi connectivity index (χ1n) is 6.71. The maximum absolute atomic E-state index is 12.8. The first kappa shape index (κ1) is 13.9. The molecule has 1 aromatic heterocycles. The van der Waals surface area contributed by atoms with Crippen molar-refractivity contribution < 1.29 is 13.2 Å². The van der Waals surface area contributed by atoms with Gasteiger partial charge in [0.2, 0.25) is 0 Å². The summed E-state index contributed by atoms with van der Waals surface area (Å²) in [6, 6.07) is 12.8. The lowest BCUT2D eigenvalue weighted by molar-refractivity contribution is -0.139. The molecule has 0 unspecified atom stereocenters. The fourth-order valence-electron chi connectivity index (χ4n) is 2.76. The SMILES string of the molecule is CNCc1ccc2c(c1)c1ccccc1n2CC(F)(F)F. The molecule has 0 radical (unpaired) electrons. The zero-order valence-corrected chi connectivity index (χ0v) is 11.5. The minimum absolute atomic E-state index is 0.617. The molecule has 0 fully saturated rings. The lowest BCUT2D eigenvalue weighted by atomic mass is 10.1. The zero-order chi connectivity index (χ0) is 15.0. The van der Waals surface area contributed by atoms with Crippen LogP contribution in [0.5, 0.6) is 0 Å². The van der Waals surface area contributed by atoms with Gasteiger partial charge < -0.3 is 9.88 Å². The number of halogens is 3. The number of benzene rings is 2. The van der Waals surface area contributed by atoms with Crippen LogP contribution in [0.3, 0.4) is 0 Å². The first-order chi connectivity index (χ1) is 9.99. The van der Waals surface area contributed by atoms with E-state index in [-0.39, 0.29) is 0 Å². The fraction of sp³-hybridized carbons (Fsp3) is 0.250. The van der Waals surface area contributed by atoms with Crippen molar-refractivity contribution in [3.05, 3.63) is 48.0 Å². The third-order valence-electron chi connectivity index (χ3n) is 3.56. The number of rotatable bonds is 3. The minimum Gasteiger partial charge on any atom is -0.331 e. The molecule has 1 heterocycles. The largest absolute Gasteiger partial charge is 0.406 e. The molecule has 0 aliphatic carbocycles. The second kappa shape index (κ2) is 5.07. The van der Waals surface area contributed by atoms with Crippen LogP contribution in [0, 0.1) is 0 Å². The molecule has 0 atom stereocenters. The number of para-hydroxylation sites is 1. The van der Waals surface area contributed by atoms with Crippen molar-refractivity contribution in [3.63, 3.8) is 0 Å². The van der Waals surface area contributed by atoms with Crippen LogP contribution in [-0.4, -0.2) is 17.8 Å². The molecule has 3 aromatic rings. The molecule has 1 N–H and O–H groups in total. The summed E-state index contributed by atoms with van der Waals surface area (Å²) in [5, 5.41) is 4.77. The molecule has 3 rings (SSSR count). The van der Waals surface area contributed by atoms with E-state index in [1.807, 2.05) is 31.3 Å². The Morgan fingerprint density at radius 2 is 1.71 bits per heavy atom. The molecule has 0 saturated carbocycles. The van der Waals surface area contributed by atoms with Gasteiger partial charge in [0.25, 0.3) is 0 Å². The van der Waals surface area contributed by atoms with Gasteiger partial charge in [-0.25, -0.2) is 0 Å². The topological polar surface area (TPSA) is 17.0 Å². The molecule has 0 bridgehead atoms. The van der Waals surface area contributed by atoms with Gasteiger partial charge in [-0.3, -0.25) is 0 Å². The highest BCUT2D eigenvalue weighted by atomic mass is 19.4. The second-order valence-electron chi connectivity index (χ2n) is 5.10. The summed E-state index contributed by atoms with van der Waals surface area (Å²) in [5.41, 5.74) is 2.29. The Kier molecular flexibility index (Phi) is 3.37. The van der Waals surface area contributed by atoms with Crippen LogP contribution in [-0.2, 0) is 13.1 Å². The Morgan fingerprint density at radius 3 is 2.43 bits per heavy atom. The van der Waals surface area contributed by atoms with Gasteiger partial charge in [-0.05, 0) is 30.8 Å². The summed E-state index contributed by atoms with van der Waals surface area (Å²) < 4.78 is 39.9. The molecule has 2 aromatic carbocycles. The smallest absolute Gasteiger partial charge is 0.331 e. The molecule has 0 saturated heterocycles. The number of aromatic nitrogens is 1. The highest BCUT2D eigenvalue weighted by Crippen LogP contribution is 2.32. The molecule has 2 nitrogen and oxygen atoms in total. The summed E-state index contributed by atoms with van der Waals surface area (Å²) in [6.45, 7) is -0.281. The van der Waals surface area contributed by atoms with E-state index in [1.54, 1.807) is 18.2 Å². The van der Waals surface area contributed by atoms with Gasteiger partial charge in [0.05, 0.1) is 0 Å². The van der Waals surface area contributed by atoms with Crippen molar-refractivity contribution in [2.24, 2.45) is 0 Å². The molecule has 21 heavy (non-hydrogen) atoms. The van der Waals surface area contributed by atoms with E-state index in [0.717, 1.165) is 16.3 Å². The molecule has 0 amide bonds. The van der Waals surface area contributed by atoms with Crippen molar-refractivity contribution >= 4 is 21.8 Å². The minimum atomic E-state index is -4.24. The van der Waals surface area contributed by atoms with Gasteiger partial charge in [0, 0.05) is 28.4 Å². The fourth-order valence-corrected chi connectivity index (χ4v) is 2.76. The monoisotopic (exact) mass is 292 g/mol. The highest BCUT2D eigenvalue weighted by molar-refractivity contribution is 6.08. The van der Waals surface area contributed by atoms with Crippen LogP contribution < -0.4 is 5.32 Å². The number of fused-ring (bicyclic) bond motifs is 3. The average Bonchev–Trinajstić information content (AvgIpc) is 2.72. The van der Waals surface area contributed by atoms with Gasteiger partial charge in [0.15, 0.2) is 0 Å². The summed E-state index contributed by atoms with van der Waals surface area (Å²) in [4.78, 5) is 0. The number of hydrogen-bond acceptors (Lipinski definition) is 1. The van der Waals surface area contributed by atoms with Crippen LogP contribution in [0.25, 0.3) is 21.8 Å². The second-order valence-corrected chi connectivity index (χ2v) is 5.10. The van der Waals surface area contributed by atoms with Gasteiger partial charge in [-0.1, -0.05) is 24.3 Å². The number of nitrogens with zero attached hydrogens (tertiary/aromatic N) is 1. The lowest BCUT2D eigenvalue weighted by Gasteiger charge is -2.10. The van der Waals surface area contributed by atoms with E-state index >= 15 is 0 Å². The molecule has 0 aliphatic rings. The molecule has 0 spiro atoms. The van der Waals surface area contributed by atoms with Gasteiger partial charge in [-0.15, -0.1) is 0 Å². The third kappa shape index (κ3) is 2.61. The van der Waals surface area contributed by atoms with Gasteiger partial charge in [-0.2, -0.15) is 13.2 Å². The summed E-state index contributed by atoms with van der Waals surface area (Å²) in [6.07, 6.45) is -4.24. The van der Waals surface area contributed by atoms with Crippen molar-refractivity contribution in [1.82, 2.24) is 9.88 Å². The summed E-state index contributed by atoms with van der Waals surface area (Å²) in [5.74, 6) is 0. The van der Waals surface area contributed by atoms with E-state index in [9.17, 15) is 13.2 Å². The first-order valence-corrected chi connectivity index (χ1v) is 6.71. The van der Waals surface area contributed by atoms with Crippen LogP contribution in [0.1, 0.15) is 5.56 Å². The Balaban J connectivity index is 2.28. The molecule has 5 heteroatoms. The highest BCUT2D eigenvalue weighted by Gasteiger charge is 2.29. The van der Waals surface area contributed by atoms with Gasteiger partial charge in [0.1, 0.15) is 6.54 Å². The molecule has 0 aliphatic heterocycles. The number of nitrogens with one attached hydrogen (secondary N) is 1. The Bertz CT molecular complexity index is 787. The van der Waals surface area contributed by atoms with E-state index in [1.165, 1.54) is 4.57 Å². The zero-order valence-electron chi connectivity index (χ0n) is 11.5. The number of hydrogen-bond donors (Lipinski definition) is 1. The van der Waals surface area contributed by atoms with Crippen molar-refractivity contribution in [3.8, 4) is 0 Å².